The lowest BCUT2D eigenvalue weighted by atomic mass is 10.1. The van der Waals surface area contributed by atoms with E-state index in [-0.39, 0.29) is 11.7 Å². The topological polar surface area (TPSA) is 60.2 Å². The van der Waals surface area contributed by atoms with E-state index >= 15 is 0 Å². The molecule has 0 atom stereocenters. The van der Waals surface area contributed by atoms with Crippen LogP contribution in [-0.4, -0.2) is 45.5 Å². The Morgan fingerprint density at radius 2 is 1.61 bits per heavy atom. The number of benzene rings is 3. The Morgan fingerprint density at radius 3 is 2.33 bits per heavy atom. The molecule has 33 heavy (non-hydrogen) atoms. The highest BCUT2D eigenvalue weighted by Gasteiger charge is 2.18. The molecule has 0 unspecified atom stereocenters. The quantitative estimate of drug-likeness (QED) is 0.343. The van der Waals surface area contributed by atoms with E-state index in [0.29, 0.717) is 18.1 Å². The van der Waals surface area contributed by atoms with Crippen molar-refractivity contribution in [3.63, 3.8) is 0 Å². The second-order valence-electron chi connectivity index (χ2n) is 7.58. The van der Waals surface area contributed by atoms with Crippen LogP contribution in [0, 0.1) is 0 Å². The van der Waals surface area contributed by atoms with E-state index in [1.54, 1.807) is 19.1 Å². The van der Waals surface area contributed by atoms with Crippen molar-refractivity contribution in [2.75, 3.05) is 19.9 Å². The van der Waals surface area contributed by atoms with E-state index in [0.717, 1.165) is 28.4 Å². The van der Waals surface area contributed by atoms with Gasteiger partial charge in [-0.15, -0.1) is 10.2 Å². The number of hydrogen-bond acceptors (Lipinski definition) is 5. The van der Waals surface area contributed by atoms with Gasteiger partial charge >= 0.3 is 0 Å². The Balaban J connectivity index is 1.50. The van der Waals surface area contributed by atoms with Gasteiger partial charge in [0, 0.05) is 31.3 Å². The zero-order valence-corrected chi connectivity index (χ0v) is 19.5. The first-order chi connectivity index (χ1) is 16.2. The minimum absolute atomic E-state index is 0.0122. The van der Waals surface area contributed by atoms with Gasteiger partial charge in [0.1, 0.15) is 11.6 Å². The Labute approximate surface area is 198 Å². The molecule has 1 amide bonds. The van der Waals surface area contributed by atoms with Crippen LogP contribution in [-0.2, 0) is 17.8 Å². The number of carbonyl (C=O) groups is 1. The highest BCUT2D eigenvalue weighted by molar-refractivity contribution is 7.99. The fourth-order valence-corrected chi connectivity index (χ4v) is 4.45. The molecule has 4 aromatic rings. The number of aromatic nitrogens is 3. The third kappa shape index (κ3) is 5.62. The number of nitrogens with zero attached hydrogens (tertiary/aromatic N) is 4. The van der Waals surface area contributed by atoms with Crippen molar-refractivity contribution in [3.05, 3.63) is 102 Å². The second kappa shape index (κ2) is 10.8. The first-order valence-corrected chi connectivity index (χ1v) is 11.7. The zero-order chi connectivity index (χ0) is 23.0. The predicted octanol–water partition coefficient (Wildman–Crippen LogP) is 4.62. The summed E-state index contributed by atoms with van der Waals surface area (Å²) in [7, 11) is 3.44. The van der Waals surface area contributed by atoms with Crippen molar-refractivity contribution < 1.29 is 9.53 Å². The van der Waals surface area contributed by atoms with Crippen molar-refractivity contribution in [2.24, 2.45) is 0 Å². The van der Waals surface area contributed by atoms with Gasteiger partial charge in [0.2, 0.25) is 5.91 Å². The van der Waals surface area contributed by atoms with Crippen molar-refractivity contribution in [1.82, 2.24) is 19.7 Å². The maximum absolute atomic E-state index is 12.9. The van der Waals surface area contributed by atoms with Gasteiger partial charge in [0.25, 0.3) is 0 Å². The van der Waals surface area contributed by atoms with Crippen LogP contribution in [0.2, 0.25) is 0 Å². The second-order valence-corrected chi connectivity index (χ2v) is 8.52. The number of amides is 1. The number of methoxy groups -OCH3 is 1. The molecular weight excluding hydrogens is 432 g/mol. The van der Waals surface area contributed by atoms with Crippen LogP contribution in [0.5, 0.6) is 5.75 Å². The van der Waals surface area contributed by atoms with E-state index in [1.807, 2.05) is 77.4 Å². The van der Waals surface area contributed by atoms with Crippen LogP contribution in [0.25, 0.3) is 5.69 Å². The summed E-state index contributed by atoms with van der Waals surface area (Å²) in [6.07, 6.45) is 0.658. The van der Waals surface area contributed by atoms with Gasteiger partial charge in [0.15, 0.2) is 5.16 Å². The molecule has 0 aliphatic carbocycles. The lowest BCUT2D eigenvalue weighted by molar-refractivity contribution is -0.127. The monoisotopic (exact) mass is 458 g/mol. The Morgan fingerprint density at radius 1 is 0.939 bits per heavy atom. The molecule has 1 heterocycles. The molecule has 3 aromatic carbocycles. The van der Waals surface area contributed by atoms with Crippen LogP contribution in [0.4, 0.5) is 0 Å². The molecule has 0 spiro atoms. The fraction of sp³-hybridized carbons (Fsp3) is 0.192. The summed E-state index contributed by atoms with van der Waals surface area (Å²) in [4.78, 5) is 14.6. The van der Waals surface area contributed by atoms with Crippen LogP contribution in [0.1, 0.15) is 17.0 Å². The molecule has 168 valence electrons. The van der Waals surface area contributed by atoms with Crippen LogP contribution in [0.15, 0.2) is 90.1 Å². The molecule has 6 nitrogen and oxygen atoms in total. The van der Waals surface area contributed by atoms with Gasteiger partial charge in [-0.25, -0.2) is 0 Å². The van der Waals surface area contributed by atoms with E-state index in [4.69, 9.17) is 4.74 Å². The van der Waals surface area contributed by atoms with Gasteiger partial charge in [-0.3, -0.25) is 9.36 Å². The molecule has 0 aliphatic rings. The average molecular weight is 459 g/mol. The third-order valence-corrected chi connectivity index (χ3v) is 6.18. The van der Waals surface area contributed by atoms with Crippen molar-refractivity contribution in [1.29, 1.82) is 0 Å². The van der Waals surface area contributed by atoms with Crippen molar-refractivity contribution in [2.45, 2.75) is 18.1 Å². The summed E-state index contributed by atoms with van der Waals surface area (Å²) >= 11 is 1.40. The maximum atomic E-state index is 12.9. The first-order valence-electron chi connectivity index (χ1n) is 10.7. The summed E-state index contributed by atoms with van der Waals surface area (Å²) < 4.78 is 7.44. The summed E-state index contributed by atoms with van der Waals surface area (Å²) in [5, 5.41) is 9.57. The standard InChI is InChI=1S/C26H26N4O2S/c1-29(18-21-13-9-10-16-23(21)32-2)25(31)19-33-26-28-27-24(17-20-11-5-3-6-12-20)30(26)22-14-7-4-8-15-22/h3-16H,17-19H2,1-2H3. The van der Waals surface area contributed by atoms with Crippen LogP contribution in [0.3, 0.4) is 0 Å². The minimum atomic E-state index is 0.0122. The van der Waals surface area contributed by atoms with E-state index in [1.165, 1.54) is 11.8 Å². The zero-order valence-electron chi connectivity index (χ0n) is 18.7. The molecule has 0 aliphatic heterocycles. The van der Waals surface area contributed by atoms with Gasteiger partial charge in [0.05, 0.1) is 12.9 Å². The maximum Gasteiger partial charge on any atom is 0.233 e. The van der Waals surface area contributed by atoms with Crippen molar-refractivity contribution in [3.8, 4) is 11.4 Å². The van der Waals surface area contributed by atoms with E-state index in [9.17, 15) is 4.79 Å². The lowest BCUT2D eigenvalue weighted by Crippen LogP contribution is -2.28. The molecular formula is C26H26N4O2S. The van der Waals surface area contributed by atoms with E-state index in [2.05, 4.69) is 22.3 Å². The number of thioether (sulfide) groups is 1. The molecule has 0 saturated heterocycles. The van der Waals surface area contributed by atoms with Gasteiger partial charge in [-0.2, -0.15) is 0 Å². The third-order valence-electron chi connectivity index (χ3n) is 5.27. The smallest absolute Gasteiger partial charge is 0.233 e. The number of hydrogen-bond donors (Lipinski definition) is 0. The predicted molar refractivity (Wildman–Crippen MR) is 131 cm³/mol. The lowest BCUT2D eigenvalue weighted by Gasteiger charge is -2.18. The summed E-state index contributed by atoms with van der Waals surface area (Å²) in [6.45, 7) is 0.480. The van der Waals surface area contributed by atoms with Crippen LogP contribution >= 0.6 is 11.8 Å². The molecule has 0 bridgehead atoms. The molecule has 0 saturated carbocycles. The number of para-hydroxylation sites is 2. The number of rotatable bonds is 9. The fourth-order valence-electron chi connectivity index (χ4n) is 3.54. The molecule has 0 radical (unpaired) electrons. The SMILES string of the molecule is COc1ccccc1CN(C)C(=O)CSc1nnc(Cc2ccccc2)n1-c1ccccc1. The first kappa shape index (κ1) is 22.6. The number of carbonyl (C=O) groups excluding carboxylic acids is 1. The molecule has 0 fully saturated rings. The molecule has 4 rings (SSSR count). The number of ether oxygens (including phenoxy) is 1. The summed E-state index contributed by atoms with van der Waals surface area (Å²) in [5.74, 6) is 1.89. The largest absolute Gasteiger partial charge is 0.496 e. The minimum Gasteiger partial charge on any atom is -0.496 e. The molecule has 1 aromatic heterocycles. The summed E-state index contributed by atoms with van der Waals surface area (Å²) in [5.41, 5.74) is 3.11. The highest BCUT2D eigenvalue weighted by Crippen LogP contribution is 2.24. The van der Waals surface area contributed by atoms with Gasteiger partial charge in [-0.05, 0) is 23.8 Å². The Bertz CT molecular complexity index is 1200. The van der Waals surface area contributed by atoms with Crippen LogP contribution < -0.4 is 4.74 Å². The normalized spacial score (nSPS) is 10.7. The highest BCUT2D eigenvalue weighted by atomic mass is 32.2. The van der Waals surface area contributed by atoms with Gasteiger partial charge in [-0.1, -0.05) is 78.5 Å². The molecule has 7 heteroatoms. The van der Waals surface area contributed by atoms with Gasteiger partial charge < -0.3 is 9.64 Å². The molecule has 0 N–H and O–H groups in total. The average Bonchev–Trinajstić information content (AvgIpc) is 3.26. The summed E-state index contributed by atoms with van der Waals surface area (Å²) in [6, 6.07) is 27.9. The van der Waals surface area contributed by atoms with Crippen molar-refractivity contribution >= 4 is 17.7 Å². The Hall–Kier alpha value is -3.58. The van der Waals surface area contributed by atoms with E-state index < -0.39 is 0 Å². The Kier molecular flexibility index (Phi) is 7.42.